The third-order valence-corrected chi connectivity index (χ3v) is 3.60. The lowest BCUT2D eigenvalue weighted by Gasteiger charge is -2.25. The van der Waals surface area contributed by atoms with Gasteiger partial charge in [-0.2, -0.15) is 0 Å². The molecule has 0 atom stereocenters. The van der Waals surface area contributed by atoms with E-state index in [1.54, 1.807) is 0 Å². The number of carbonyl (C=O) groups is 1. The first-order valence-corrected chi connectivity index (χ1v) is 6.46. The molecule has 1 aliphatic carbocycles. The molecule has 1 aromatic carbocycles. The minimum Gasteiger partial charge on any atom is -0.366 e. The number of benzene rings is 1. The van der Waals surface area contributed by atoms with E-state index >= 15 is 0 Å². The molecule has 3 N–H and O–H groups in total. The largest absolute Gasteiger partial charge is 0.366 e. The van der Waals surface area contributed by atoms with Gasteiger partial charge in [0, 0.05) is 17.7 Å². The zero-order valence-corrected chi connectivity index (χ0v) is 10.4. The molecule has 1 amide bonds. The highest BCUT2D eigenvalue weighted by molar-refractivity contribution is 5.92. The van der Waals surface area contributed by atoms with Crippen molar-refractivity contribution in [3.63, 3.8) is 0 Å². The van der Waals surface area contributed by atoms with Crippen LogP contribution in [0.25, 0.3) is 0 Å². The molecule has 98 valence electrons. The van der Waals surface area contributed by atoms with Crippen molar-refractivity contribution in [2.24, 2.45) is 11.7 Å². The number of nitrogens with two attached hydrogens (primary N) is 1. The van der Waals surface area contributed by atoms with Crippen LogP contribution in [0.2, 0.25) is 0 Å². The van der Waals surface area contributed by atoms with Crippen LogP contribution in [0, 0.1) is 11.7 Å². The van der Waals surface area contributed by atoms with Crippen molar-refractivity contribution in [1.82, 2.24) is 5.32 Å². The second-order valence-corrected chi connectivity index (χ2v) is 4.93. The third-order valence-electron chi connectivity index (χ3n) is 3.60. The minimum atomic E-state index is -0.522. The van der Waals surface area contributed by atoms with Gasteiger partial charge in [0.25, 0.3) is 0 Å². The van der Waals surface area contributed by atoms with Crippen molar-refractivity contribution in [3.05, 3.63) is 35.1 Å². The molecule has 0 unspecified atom stereocenters. The van der Waals surface area contributed by atoms with Crippen LogP contribution in [0.5, 0.6) is 0 Å². The van der Waals surface area contributed by atoms with E-state index in [1.165, 1.54) is 37.5 Å². The van der Waals surface area contributed by atoms with Crippen LogP contribution in [0.15, 0.2) is 18.2 Å². The van der Waals surface area contributed by atoms with Crippen LogP contribution in [0.3, 0.4) is 0 Å². The predicted molar refractivity (Wildman–Crippen MR) is 68.6 cm³/mol. The summed E-state index contributed by atoms with van der Waals surface area (Å²) in [6.45, 7) is 1.34. The Labute approximate surface area is 107 Å². The standard InChI is InChI=1S/C14H19FN2O/c15-13-5-4-11(14(16)18)8-12(13)9-17-7-6-10-2-1-3-10/h4-5,8,10,17H,1-3,6-7,9H2,(H2,16,18). The number of nitrogens with one attached hydrogen (secondary N) is 1. The van der Waals surface area contributed by atoms with Gasteiger partial charge in [-0.25, -0.2) is 4.39 Å². The second kappa shape index (κ2) is 5.96. The van der Waals surface area contributed by atoms with Gasteiger partial charge in [-0.3, -0.25) is 4.79 Å². The molecule has 1 aromatic rings. The lowest BCUT2D eigenvalue weighted by Crippen LogP contribution is -2.22. The summed E-state index contributed by atoms with van der Waals surface area (Å²) in [7, 11) is 0. The topological polar surface area (TPSA) is 55.1 Å². The second-order valence-electron chi connectivity index (χ2n) is 4.93. The summed E-state index contributed by atoms with van der Waals surface area (Å²) in [5, 5.41) is 3.22. The van der Waals surface area contributed by atoms with E-state index in [-0.39, 0.29) is 5.82 Å². The number of primary amides is 1. The summed E-state index contributed by atoms with van der Waals surface area (Å²) >= 11 is 0. The molecule has 0 heterocycles. The van der Waals surface area contributed by atoms with Gasteiger partial charge in [0.1, 0.15) is 5.82 Å². The molecular formula is C14H19FN2O. The molecule has 3 nitrogen and oxygen atoms in total. The molecule has 2 rings (SSSR count). The fourth-order valence-corrected chi connectivity index (χ4v) is 2.17. The first-order chi connectivity index (χ1) is 8.66. The maximum absolute atomic E-state index is 13.5. The van der Waals surface area contributed by atoms with Crippen molar-refractivity contribution in [2.75, 3.05) is 6.54 Å². The van der Waals surface area contributed by atoms with E-state index in [1.807, 2.05) is 0 Å². The van der Waals surface area contributed by atoms with Crippen LogP contribution >= 0.6 is 0 Å². The summed E-state index contributed by atoms with van der Waals surface area (Å²) < 4.78 is 13.5. The molecule has 0 spiro atoms. The van der Waals surface area contributed by atoms with Crippen LogP contribution in [-0.2, 0) is 6.54 Å². The summed E-state index contributed by atoms with van der Waals surface area (Å²) in [4.78, 5) is 11.0. The van der Waals surface area contributed by atoms with E-state index < -0.39 is 5.91 Å². The van der Waals surface area contributed by atoms with Gasteiger partial charge < -0.3 is 11.1 Å². The summed E-state index contributed by atoms with van der Waals surface area (Å²) in [5.74, 6) is 0.0289. The molecule has 1 saturated carbocycles. The van der Waals surface area contributed by atoms with Gasteiger partial charge in [0.05, 0.1) is 0 Å². The Morgan fingerprint density at radius 1 is 1.44 bits per heavy atom. The smallest absolute Gasteiger partial charge is 0.248 e. The van der Waals surface area contributed by atoms with Crippen LogP contribution in [0.1, 0.15) is 41.6 Å². The van der Waals surface area contributed by atoms with E-state index in [4.69, 9.17) is 5.73 Å². The predicted octanol–water partition coefficient (Wildman–Crippen LogP) is 2.20. The average molecular weight is 250 g/mol. The monoisotopic (exact) mass is 250 g/mol. The van der Waals surface area contributed by atoms with Gasteiger partial charge in [-0.05, 0) is 37.1 Å². The molecular weight excluding hydrogens is 231 g/mol. The van der Waals surface area contributed by atoms with Crippen molar-refractivity contribution in [1.29, 1.82) is 0 Å². The fourth-order valence-electron chi connectivity index (χ4n) is 2.17. The highest BCUT2D eigenvalue weighted by Gasteiger charge is 2.16. The molecule has 0 aromatic heterocycles. The Morgan fingerprint density at radius 2 is 2.22 bits per heavy atom. The molecule has 0 saturated heterocycles. The Kier molecular flexibility index (Phi) is 4.31. The molecule has 0 aliphatic heterocycles. The van der Waals surface area contributed by atoms with E-state index in [2.05, 4.69) is 5.32 Å². The van der Waals surface area contributed by atoms with Crippen LogP contribution < -0.4 is 11.1 Å². The Bertz CT molecular complexity index is 430. The average Bonchev–Trinajstić information content (AvgIpc) is 2.28. The lowest BCUT2D eigenvalue weighted by atomic mass is 9.83. The number of hydrogen-bond acceptors (Lipinski definition) is 2. The first-order valence-electron chi connectivity index (χ1n) is 6.46. The van der Waals surface area contributed by atoms with E-state index in [0.717, 1.165) is 18.9 Å². The zero-order chi connectivity index (χ0) is 13.0. The van der Waals surface area contributed by atoms with Gasteiger partial charge in [0.15, 0.2) is 0 Å². The van der Waals surface area contributed by atoms with Crippen molar-refractivity contribution < 1.29 is 9.18 Å². The first kappa shape index (κ1) is 13.0. The summed E-state index contributed by atoms with van der Waals surface area (Å²) in [6, 6.07) is 4.23. The maximum atomic E-state index is 13.5. The highest BCUT2D eigenvalue weighted by atomic mass is 19.1. The Balaban J connectivity index is 1.83. The molecule has 0 bridgehead atoms. The van der Waals surface area contributed by atoms with Gasteiger partial charge >= 0.3 is 0 Å². The number of hydrogen-bond donors (Lipinski definition) is 2. The minimum absolute atomic E-state index is 0.295. The Morgan fingerprint density at radius 3 is 2.83 bits per heavy atom. The fraction of sp³-hybridized carbons (Fsp3) is 0.500. The maximum Gasteiger partial charge on any atom is 0.248 e. The van der Waals surface area contributed by atoms with Crippen molar-refractivity contribution in [3.8, 4) is 0 Å². The number of amides is 1. The molecule has 4 heteroatoms. The van der Waals surface area contributed by atoms with Gasteiger partial charge in [0.2, 0.25) is 5.91 Å². The SMILES string of the molecule is NC(=O)c1ccc(F)c(CNCCC2CCC2)c1. The number of halogens is 1. The summed E-state index contributed by atoms with van der Waals surface area (Å²) in [5.41, 5.74) is 6.02. The lowest BCUT2D eigenvalue weighted by molar-refractivity contribution is 0.1000. The van der Waals surface area contributed by atoms with Gasteiger partial charge in [-0.15, -0.1) is 0 Å². The van der Waals surface area contributed by atoms with Crippen molar-refractivity contribution in [2.45, 2.75) is 32.2 Å². The van der Waals surface area contributed by atoms with E-state index in [9.17, 15) is 9.18 Å². The highest BCUT2D eigenvalue weighted by Crippen LogP contribution is 2.28. The third kappa shape index (κ3) is 3.29. The van der Waals surface area contributed by atoms with E-state index in [0.29, 0.717) is 17.7 Å². The summed E-state index contributed by atoms with van der Waals surface area (Å²) in [6.07, 6.45) is 5.15. The van der Waals surface area contributed by atoms with Gasteiger partial charge in [-0.1, -0.05) is 19.3 Å². The zero-order valence-electron chi connectivity index (χ0n) is 10.4. The molecule has 0 radical (unpaired) electrons. The molecule has 18 heavy (non-hydrogen) atoms. The molecule has 1 fully saturated rings. The normalized spacial score (nSPS) is 15.4. The van der Waals surface area contributed by atoms with Crippen molar-refractivity contribution >= 4 is 5.91 Å². The quantitative estimate of drug-likeness (QED) is 0.760. The number of rotatable bonds is 6. The molecule has 1 aliphatic rings. The number of carbonyl (C=O) groups excluding carboxylic acids is 1. The van der Waals surface area contributed by atoms with Crippen LogP contribution in [0.4, 0.5) is 4.39 Å². The van der Waals surface area contributed by atoms with Crippen LogP contribution in [-0.4, -0.2) is 12.5 Å². The Hall–Kier alpha value is -1.42.